The molecule has 0 saturated carbocycles. The Morgan fingerprint density at radius 2 is 2.38 bits per heavy atom. The second-order valence-corrected chi connectivity index (χ2v) is 4.06. The molecule has 0 fully saturated rings. The highest BCUT2D eigenvalue weighted by atomic mass is 32.2. The first-order valence-electron chi connectivity index (χ1n) is 4.01. The molecule has 1 aliphatic heterocycles. The molecule has 0 aliphatic carbocycles. The lowest BCUT2D eigenvalue weighted by molar-refractivity contribution is 0.258. The second-order valence-electron chi connectivity index (χ2n) is 3.17. The predicted octanol–water partition coefficient (Wildman–Crippen LogP) is -0.433. The van der Waals surface area contributed by atoms with Crippen LogP contribution >= 0.6 is 0 Å². The van der Waals surface area contributed by atoms with Crippen molar-refractivity contribution in [2.75, 3.05) is 13.6 Å². The normalized spacial score (nSPS) is 19.8. The number of fused-ring (bicyclic) bond motifs is 1. The van der Waals surface area contributed by atoms with Gasteiger partial charge in [0.25, 0.3) is 0 Å². The van der Waals surface area contributed by atoms with Crippen LogP contribution in [0.5, 0.6) is 0 Å². The van der Waals surface area contributed by atoms with Gasteiger partial charge in [-0.15, -0.1) is 0 Å². The largest absolute Gasteiger partial charge is 0.767 e. The summed E-state index contributed by atoms with van der Waals surface area (Å²) in [6, 6.07) is 1.62. The van der Waals surface area contributed by atoms with Gasteiger partial charge in [0, 0.05) is 13.1 Å². The molecule has 0 radical (unpaired) electrons. The molecule has 0 bridgehead atoms. The summed E-state index contributed by atoms with van der Waals surface area (Å²) in [5.41, 5.74) is 0.966. The molecule has 2 heterocycles. The second kappa shape index (κ2) is 3.21. The highest BCUT2D eigenvalue weighted by molar-refractivity contribution is 7.79. The molecular weight excluding hydrogens is 190 g/mol. The predicted molar refractivity (Wildman–Crippen MR) is 45.7 cm³/mol. The number of aromatic nitrogens is 2. The van der Waals surface area contributed by atoms with E-state index in [2.05, 4.69) is 10.00 Å². The molecule has 0 amide bonds. The van der Waals surface area contributed by atoms with Crippen molar-refractivity contribution in [3.8, 4) is 0 Å². The van der Waals surface area contributed by atoms with E-state index >= 15 is 0 Å². The molecule has 1 atom stereocenters. The first-order chi connectivity index (χ1) is 6.16. The fourth-order valence-corrected chi connectivity index (χ4v) is 1.85. The first kappa shape index (κ1) is 8.86. The van der Waals surface area contributed by atoms with E-state index in [1.54, 1.807) is 10.7 Å². The Kier molecular flexibility index (Phi) is 2.19. The van der Waals surface area contributed by atoms with Crippen molar-refractivity contribution in [1.29, 1.82) is 0 Å². The van der Waals surface area contributed by atoms with E-state index in [0.717, 1.165) is 25.3 Å². The van der Waals surface area contributed by atoms with Crippen LogP contribution in [-0.4, -0.2) is 37.0 Å². The van der Waals surface area contributed by atoms with Crippen molar-refractivity contribution in [3.05, 3.63) is 11.8 Å². The van der Waals surface area contributed by atoms with Gasteiger partial charge in [-0.2, -0.15) is 5.10 Å². The molecular formula is C7H10N3O2S-. The van der Waals surface area contributed by atoms with Crippen LogP contribution in [0.1, 0.15) is 5.69 Å². The molecule has 2 rings (SSSR count). The summed E-state index contributed by atoms with van der Waals surface area (Å²) in [6.45, 7) is 2.45. The third-order valence-corrected chi connectivity index (χ3v) is 2.68. The highest BCUT2D eigenvalue weighted by Gasteiger charge is 2.15. The Labute approximate surface area is 78.6 Å². The van der Waals surface area contributed by atoms with Gasteiger partial charge in [-0.05, 0) is 24.2 Å². The summed E-state index contributed by atoms with van der Waals surface area (Å²) in [7, 11) is 2.00. The van der Waals surface area contributed by atoms with Gasteiger partial charge in [-0.1, -0.05) is 0 Å². The number of nitrogens with zero attached hydrogens (tertiary/aromatic N) is 3. The number of hydrogen-bond acceptors (Lipinski definition) is 4. The van der Waals surface area contributed by atoms with Crippen molar-refractivity contribution in [3.63, 3.8) is 0 Å². The summed E-state index contributed by atoms with van der Waals surface area (Å²) in [4.78, 5) is 2.13. The van der Waals surface area contributed by atoms with E-state index in [1.807, 2.05) is 7.05 Å². The molecule has 0 saturated heterocycles. The number of likely N-dealkylation sites (N-methyl/N-ethyl adjacent to an activating group) is 1. The van der Waals surface area contributed by atoms with E-state index in [-0.39, 0.29) is 5.03 Å². The van der Waals surface area contributed by atoms with Crippen molar-refractivity contribution in [2.24, 2.45) is 0 Å². The Morgan fingerprint density at radius 3 is 3.08 bits per heavy atom. The van der Waals surface area contributed by atoms with Crippen LogP contribution in [0, 0.1) is 0 Å². The standard InChI is InChI=1S/C7H11N3O2S/c1-9-2-3-10-6(5-9)4-7(8-10)13(11)12/h4H,2-3,5H2,1H3,(H,11,12)/p-1. The van der Waals surface area contributed by atoms with E-state index < -0.39 is 11.1 Å². The Morgan fingerprint density at radius 1 is 1.62 bits per heavy atom. The van der Waals surface area contributed by atoms with Crippen molar-refractivity contribution in [1.82, 2.24) is 14.7 Å². The van der Waals surface area contributed by atoms with Crippen LogP contribution in [0.2, 0.25) is 0 Å². The van der Waals surface area contributed by atoms with Gasteiger partial charge in [0.2, 0.25) is 0 Å². The van der Waals surface area contributed by atoms with Crippen LogP contribution < -0.4 is 0 Å². The maximum Gasteiger partial charge on any atom is 0.135 e. The van der Waals surface area contributed by atoms with Gasteiger partial charge in [0.1, 0.15) is 5.03 Å². The molecule has 1 aromatic rings. The van der Waals surface area contributed by atoms with Crippen molar-refractivity contribution >= 4 is 11.1 Å². The quantitative estimate of drug-likeness (QED) is 0.577. The van der Waals surface area contributed by atoms with Crippen LogP contribution in [0.3, 0.4) is 0 Å². The Hall–Kier alpha value is -0.720. The average Bonchev–Trinajstić information content (AvgIpc) is 2.46. The molecule has 5 nitrogen and oxygen atoms in total. The molecule has 0 spiro atoms. The summed E-state index contributed by atoms with van der Waals surface area (Å²) >= 11 is -2.21. The van der Waals surface area contributed by atoms with Gasteiger partial charge in [-0.3, -0.25) is 13.8 Å². The summed E-state index contributed by atoms with van der Waals surface area (Å²) in [5, 5.41) is 4.11. The molecule has 1 aliphatic rings. The minimum atomic E-state index is -2.21. The zero-order chi connectivity index (χ0) is 9.42. The zero-order valence-electron chi connectivity index (χ0n) is 7.27. The van der Waals surface area contributed by atoms with Gasteiger partial charge < -0.3 is 4.55 Å². The molecule has 13 heavy (non-hydrogen) atoms. The fourth-order valence-electron chi connectivity index (χ4n) is 1.45. The van der Waals surface area contributed by atoms with Gasteiger partial charge in [0.05, 0.1) is 12.2 Å². The van der Waals surface area contributed by atoms with E-state index in [0.29, 0.717) is 0 Å². The van der Waals surface area contributed by atoms with Gasteiger partial charge in [-0.25, -0.2) is 0 Å². The zero-order valence-corrected chi connectivity index (χ0v) is 8.08. The van der Waals surface area contributed by atoms with Gasteiger partial charge >= 0.3 is 0 Å². The summed E-state index contributed by atoms with van der Waals surface area (Å²) < 4.78 is 23.0. The van der Waals surface area contributed by atoms with E-state index in [1.165, 1.54) is 0 Å². The van der Waals surface area contributed by atoms with Crippen molar-refractivity contribution < 1.29 is 8.76 Å². The lowest BCUT2D eigenvalue weighted by atomic mass is 10.3. The molecule has 6 heteroatoms. The SMILES string of the molecule is CN1CCn2nc(S(=O)[O-])cc2C1. The highest BCUT2D eigenvalue weighted by Crippen LogP contribution is 2.13. The lowest BCUT2D eigenvalue weighted by Gasteiger charge is -2.22. The van der Waals surface area contributed by atoms with E-state index in [9.17, 15) is 8.76 Å². The Balaban J connectivity index is 2.33. The Bertz CT molecular complexity index is 350. The number of hydrogen-bond donors (Lipinski definition) is 0. The monoisotopic (exact) mass is 200 g/mol. The lowest BCUT2D eigenvalue weighted by Crippen LogP contribution is -2.30. The topological polar surface area (TPSA) is 61.2 Å². The molecule has 0 N–H and O–H groups in total. The third-order valence-electron chi connectivity index (χ3n) is 2.14. The fraction of sp³-hybridized carbons (Fsp3) is 0.571. The van der Waals surface area contributed by atoms with Crippen LogP contribution in [0.15, 0.2) is 11.1 Å². The van der Waals surface area contributed by atoms with Gasteiger partial charge in [0.15, 0.2) is 0 Å². The smallest absolute Gasteiger partial charge is 0.135 e. The van der Waals surface area contributed by atoms with Crippen LogP contribution in [-0.2, 0) is 24.2 Å². The minimum Gasteiger partial charge on any atom is -0.767 e. The number of rotatable bonds is 1. The minimum absolute atomic E-state index is 0.144. The molecule has 0 aromatic carbocycles. The molecule has 1 aromatic heterocycles. The maximum absolute atomic E-state index is 10.6. The third kappa shape index (κ3) is 1.65. The first-order valence-corrected chi connectivity index (χ1v) is 5.09. The van der Waals surface area contributed by atoms with E-state index in [4.69, 9.17) is 0 Å². The van der Waals surface area contributed by atoms with Crippen LogP contribution in [0.25, 0.3) is 0 Å². The molecule has 72 valence electrons. The molecule has 1 unspecified atom stereocenters. The maximum atomic E-state index is 10.6. The van der Waals surface area contributed by atoms with Crippen LogP contribution in [0.4, 0.5) is 0 Å². The van der Waals surface area contributed by atoms with Crippen molar-refractivity contribution in [2.45, 2.75) is 18.1 Å². The summed E-state index contributed by atoms with van der Waals surface area (Å²) in [6.07, 6.45) is 0. The average molecular weight is 200 g/mol. The summed E-state index contributed by atoms with van der Waals surface area (Å²) in [5.74, 6) is 0.